The second kappa shape index (κ2) is 6.57. The Labute approximate surface area is 148 Å². The number of carbonyl (C=O) groups is 2. The Hall–Kier alpha value is -2.25. The number of likely N-dealkylation sites (tertiary alicyclic amines) is 2. The van der Waals surface area contributed by atoms with Gasteiger partial charge in [0.05, 0.1) is 6.04 Å². The van der Waals surface area contributed by atoms with Gasteiger partial charge in [-0.3, -0.25) is 10.00 Å². The molecule has 1 aromatic rings. The van der Waals surface area contributed by atoms with E-state index in [0.717, 1.165) is 12.8 Å². The molecule has 138 valence electrons. The molecule has 3 amide bonds. The maximum atomic E-state index is 12.7. The first-order valence-corrected chi connectivity index (χ1v) is 8.78. The number of anilines is 1. The summed E-state index contributed by atoms with van der Waals surface area (Å²) in [4.78, 5) is 28.6. The highest BCUT2D eigenvalue weighted by atomic mass is 16.6. The lowest BCUT2D eigenvalue weighted by atomic mass is 9.92. The summed E-state index contributed by atoms with van der Waals surface area (Å²) in [5, 5.41) is 7.04. The molecule has 0 spiro atoms. The summed E-state index contributed by atoms with van der Waals surface area (Å²) >= 11 is 0. The van der Waals surface area contributed by atoms with E-state index in [4.69, 9.17) is 4.74 Å². The molecular formula is C17H27N5O3. The van der Waals surface area contributed by atoms with Crippen molar-refractivity contribution in [3.8, 4) is 0 Å². The molecule has 8 nitrogen and oxygen atoms in total. The molecule has 0 radical (unpaired) electrons. The summed E-state index contributed by atoms with van der Waals surface area (Å²) in [6.07, 6.45) is 3.46. The predicted octanol–water partition coefficient (Wildman–Crippen LogP) is 2.28. The van der Waals surface area contributed by atoms with E-state index >= 15 is 0 Å². The lowest BCUT2D eigenvalue weighted by molar-refractivity contribution is 0.0282. The minimum Gasteiger partial charge on any atom is -0.444 e. The van der Waals surface area contributed by atoms with Crippen molar-refractivity contribution in [1.82, 2.24) is 19.6 Å². The fraction of sp³-hybridized carbons (Fsp3) is 0.706. The Bertz CT molecular complexity index is 651. The summed E-state index contributed by atoms with van der Waals surface area (Å²) in [5.74, 6) is 0.840. The fourth-order valence-electron chi connectivity index (χ4n) is 3.57. The van der Waals surface area contributed by atoms with E-state index in [9.17, 15) is 9.59 Å². The molecule has 3 rings (SSSR count). The van der Waals surface area contributed by atoms with Gasteiger partial charge in [-0.1, -0.05) is 0 Å². The number of urea groups is 1. The van der Waals surface area contributed by atoms with Gasteiger partial charge in [0, 0.05) is 38.9 Å². The van der Waals surface area contributed by atoms with Crippen molar-refractivity contribution >= 4 is 17.9 Å². The maximum Gasteiger partial charge on any atom is 0.410 e. The molecule has 0 saturated carbocycles. The van der Waals surface area contributed by atoms with E-state index in [2.05, 4.69) is 10.4 Å². The molecule has 2 atom stereocenters. The van der Waals surface area contributed by atoms with Crippen LogP contribution in [0.5, 0.6) is 0 Å². The lowest BCUT2D eigenvalue weighted by Crippen LogP contribution is -2.50. The topological polar surface area (TPSA) is 79.7 Å². The third-order valence-corrected chi connectivity index (χ3v) is 4.64. The number of amides is 3. The summed E-state index contributed by atoms with van der Waals surface area (Å²) < 4.78 is 7.12. The number of aryl methyl sites for hydroxylation is 1. The van der Waals surface area contributed by atoms with Gasteiger partial charge in [0.1, 0.15) is 5.60 Å². The summed E-state index contributed by atoms with van der Waals surface area (Å²) in [7, 11) is 1.81. The van der Waals surface area contributed by atoms with E-state index in [1.54, 1.807) is 21.8 Å². The first kappa shape index (κ1) is 17.6. The van der Waals surface area contributed by atoms with Gasteiger partial charge in [-0.25, -0.2) is 9.59 Å². The minimum absolute atomic E-state index is 0.0324. The number of ether oxygens (including phenoxy) is 1. The Balaban J connectivity index is 1.65. The van der Waals surface area contributed by atoms with Crippen LogP contribution in [0.4, 0.5) is 15.4 Å². The predicted molar refractivity (Wildman–Crippen MR) is 93.3 cm³/mol. The molecule has 2 aliphatic rings. The SMILES string of the molecule is Cn1ccc(NC(=O)N2CCC[C@H]3CN(C(=O)OC(C)(C)C)C[C@H]32)n1. The van der Waals surface area contributed by atoms with E-state index in [1.807, 2.05) is 32.7 Å². The van der Waals surface area contributed by atoms with Crippen LogP contribution in [0.25, 0.3) is 0 Å². The number of piperidine rings is 1. The Morgan fingerprint density at radius 2 is 2.08 bits per heavy atom. The summed E-state index contributed by atoms with van der Waals surface area (Å²) in [6.45, 7) is 7.45. The minimum atomic E-state index is -0.513. The van der Waals surface area contributed by atoms with Crippen LogP contribution in [0.3, 0.4) is 0 Å². The first-order chi connectivity index (χ1) is 11.7. The number of hydrogen-bond acceptors (Lipinski definition) is 4. The molecule has 1 N–H and O–H groups in total. The van der Waals surface area contributed by atoms with Gasteiger partial charge in [0.2, 0.25) is 0 Å². The molecule has 0 bridgehead atoms. The Morgan fingerprint density at radius 1 is 1.32 bits per heavy atom. The second-order valence-electron chi connectivity index (χ2n) is 7.85. The molecule has 0 aromatic carbocycles. The number of carbonyl (C=O) groups excluding carboxylic acids is 2. The molecule has 25 heavy (non-hydrogen) atoms. The normalized spacial score (nSPS) is 23.4. The van der Waals surface area contributed by atoms with Crippen LogP contribution in [0.15, 0.2) is 12.3 Å². The number of rotatable bonds is 1. The summed E-state index contributed by atoms with van der Waals surface area (Å²) in [6, 6.07) is 1.64. The Kier molecular flexibility index (Phi) is 4.62. The van der Waals surface area contributed by atoms with E-state index in [1.165, 1.54) is 0 Å². The highest BCUT2D eigenvalue weighted by molar-refractivity contribution is 5.88. The first-order valence-electron chi connectivity index (χ1n) is 8.78. The quantitative estimate of drug-likeness (QED) is 0.843. The van der Waals surface area contributed by atoms with Crippen molar-refractivity contribution in [3.05, 3.63) is 12.3 Å². The Morgan fingerprint density at radius 3 is 2.72 bits per heavy atom. The number of fused-ring (bicyclic) bond motifs is 1. The molecule has 2 aliphatic heterocycles. The number of aromatic nitrogens is 2. The average molecular weight is 349 g/mol. The van der Waals surface area contributed by atoms with Crippen molar-refractivity contribution in [2.45, 2.75) is 45.3 Å². The zero-order valence-electron chi connectivity index (χ0n) is 15.4. The van der Waals surface area contributed by atoms with Crippen LogP contribution in [0.2, 0.25) is 0 Å². The van der Waals surface area contributed by atoms with Crippen molar-refractivity contribution < 1.29 is 14.3 Å². The molecular weight excluding hydrogens is 322 g/mol. The number of nitrogens with one attached hydrogen (secondary N) is 1. The van der Waals surface area contributed by atoms with Crippen LogP contribution < -0.4 is 5.32 Å². The molecule has 8 heteroatoms. The maximum absolute atomic E-state index is 12.7. The standard InChI is InChI=1S/C17H27N5O3/c1-17(2,3)25-16(24)21-10-12-6-5-8-22(13(12)11-21)15(23)18-14-7-9-20(4)19-14/h7,9,12-13H,5-6,8,10-11H2,1-4H3,(H,18,19,23)/t12-,13+/m0/s1. The van der Waals surface area contributed by atoms with Crippen molar-refractivity contribution in [3.63, 3.8) is 0 Å². The highest BCUT2D eigenvalue weighted by Crippen LogP contribution is 2.31. The van der Waals surface area contributed by atoms with E-state index in [0.29, 0.717) is 31.4 Å². The summed E-state index contributed by atoms with van der Waals surface area (Å²) in [5.41, 5.74) is -0.513. The number of nitrogens with zero attached hydrogens (tertiary/aromatic N) is 4. The molecule has 1 aromatic heterocycles. The number of hydrogen-bond donors (Lipinski definition) is 1. The third kappa shape index (κ3) is 4.05. The van der Waals surface area contributed by atoms with Crippen LogP contribution in [-0.2, 0) is 11.8 Å². The largest absolute Gasteiger partial charge is 0.444 e. The van der Waals surface area contributed by atoms with Crippen molar-refractivity contribution in [2.24, 2.45) is 13.0 Å². The van der Waals surface area contributed by atoms with Gasteiger partial charge in [0.15, 0.2) is 5.82 Å². The highest BCUT2D eigenvalue weighted by Gasteiger charge is 2.43. The van der Waals surface area contributed by atoms with Crippen molar-refractivity contribution in [2.75, 3.05) is 25.0 Å². The van der Waals surface area contributed by atoms with Crippen LogP contribution in [-0.4, -0.2) is 63.0 Å². The van der Waals surface area contributed by atoms with E-state index < -0.39 is 5.60 Å². The van der Waals surface area contributed by atoms with Crippen LogP contribution in [0, 0.1) is 5.92 Å². The smallest absolute Gasteiger partial charge is 0.410 e. The van der Waals surface area contributed by atoms with Gasteiger partial charge in [-0.2, -0.15) is 5.10 Å². The molecule has 3 heterocycles. The lowest BCUT2D eigenvalue weighted by Gasteiger charge is -2.36. The molecule has 2 saturated heterocycles. The zero-order valence-corrected chi connectivity index (χ0v) is 15.4. The average Bonchev–Trinajstić information content (AvgIpc) is 3.11. The van der Waals surface area contributed by atoms with Gasteiger partial charge < -0.3 is 14.5 Å². The third-order valence-electron chi connectivity index (χ3n) is 4.64. The van der Waals surface area contributed by atoms with Gasteiger partial charge >= 0.3 is 12.1 Å². The van der Waals surface area contributed by atoms with Crippen LogP contribution in [0.1, 0.15) is 33.6 Å². The van der Waals surface area contributed by atoms with Gasteiger partial charge in [0.25, 0.3) is 0 Å². The van der Waals surface area contributed by atoms with Gasteiger partial charge in [-0.05, 0) is 39.5 Å². The molecule has 0 aliphatic carbocycles. The zero-order chi connectivity index (χ0) is 18.2. The van der Waals surface area contributed by atoms with Crippen LogP contribution >= 0.6 is 0 Å². The molecule has 2 fully saturated rings. The van der Waals surface area contributed by atoms with Crippen molar-refractivity contribution in [1.29, 1.82) is 0 Å². The van der Waals surface area contributed by atoms with Gasteiger partial charge in [-0.15, -0.1) is 0 Å². The fourth-order valence-corrected chi connectivity index (χ4v) is 3.57. The van der Waals surface area contributed by atoms with E-state index in [-0.39, 0.29) is 18.2 Å². The second-order valence-corrected chi connectivity index (χ2v) is 7.85. The monoisotopic (exact) mass is 349 g/mol. The molecule has 0 unspecified atom stereocenters.